The number of nitro groups is 4. The third kappa shape index (κ3) is 1.18. The summed E-state index contributed by atoms with van der Waals surface area (Å²) in [6, 6.07) is 0. The summed E-state index contributed by atoms with van der Waals surface area (Å²) in [5.74, 6) is -8.44. The lowest BCUT2D eigenvalue weighted by Crippen LogP contribution is -2.69. The lowest BCUT2D eigenvalue weighted by atomic mass is 10.2. The molecule has 16 nitrogen and oxygen atoms in total. The van der Waals surface area contributed by atoms with Crippen molar-refractivity contribution in [3.8, 4) is 0 Å². The predicted octanol–water partition coefficient (Wildman–Crippen LogP) is -0.766. The number of nitrogens with zero attached hydrogens (tertiary/aromatic N) is 8. The van der Waals surface area contributed by atoms with Gasteiger partial charge in [-0.3, -0.25) is 40.5 Å². The summed E-state index contributed by atoms with van der Waals surface area (Å²) in [6.07, 6.45) is 0. The Morgan fingerprint density at radius 1 is 0.611 bits per heavy atom. The van der Waals surface area contributed by atoms with Crippen molar-refractivity contribution in [2.45, 2.75) is 11.6 Å². The molecule has 96 valence electrons. The summed E-state index contributed by atoms with van der Waals surface area (Å²) < 4.78 is 0. The van der Waals surface area contributed by atoms with Crippen molar-refractivity contribution in [2.24, 2.45) is 20.7 Å². The van der Waals surface area contributed by atoms with Crippen LogP contribution in [0.25, 0.3) is 0 Å². The normalized spacial score (nSPS) is 19.1. The molecule has 1 aliphatic rings. The fraction of sp³-hybridized carbons (Fsp3) is 1.00. The van der Waals surface area contributed by atoms with Crippen molar-refractivity contribution >= 4 is 0 Å². The Morgan fingerprint density at radius 3 is 1.00 bits per heavy atom. The second-order valence-electron chi connectivity index (χ2n) is 2.68. The third-order valence-electron chi connectivity index (χ3n) is 1.88. The van der Waals surface area contributed by atoms with Gasteiger partial charge in [0.05, 0.1) is 0 Å². The standard InChI is InChI=1S/C2N8O8/c11-7(12)1(8(13)14)2(9(15)16,10(17)18)4-6-5-3-1. The van der Waals surface area contributed by atoms with E-state index >= 15 is 0 Å². The Balaban J connectivity index is 3.75. The molecule has 0 aromatic rings. The van der Waals surface area contributed by atoms with Crippen molar-refractivity contribution < 1.29 is 19.7 Å². The summed E-state index contributed by atoms with van der Waals surface area (Å²) in [6.45, 7) is 0. The highest BCUT2D eigenvalue weighted by Gasteiger charge is 2.97. The van der Waals surface area contributed by atoms with Crippen LogP contribution in [-0.2, 0) is 0 Å². The Labute approximate surface area is 93.6 Å². The molecule has 0 saturated carbocycles. The first-order valence-electron chi connectivity index (χ1n) is 3.65. The third-order valence-corrected chi connectivity index (χ3v) is 1.88. The van der Waals surface area contributed by atoms with Crippen LogP contribution in [0.4, 0.5) is 0 Å². The molecule has 0 aromatic carbocycles. The van der Waals surface area contributed by atoms with E-state index in [9.17, 15) is 40.5 Å². The van der Waals surface area contributed by atoms with Crippen molar-refractivity contribution in [1.82, 2.24) is 0 Å². The smallest absolute Gasteiger partial charge is 0.256 e. The average molecular weight is 264 g/mol. The molecular formula is C2N8O8. The Kier molecular flexibility index (Phi) is 2.63. The second-order valence-corrected chi connectivity index (χ2v) is 2.68. The van der Waals surface area contributed by atoms with Gasteiger partial charge in [0.2, 0.25) is 0 Å². The molecule has 18 heavy (non-hydrogen) atoms. The topological polar surface area (TPSA) is 222 Å². The minimum absolute atomic E-state index is 1.93. The van der Waals surface area contributed by atoms with E-state index in [2.05, 4.69) is 20.7 Å². The molecule has 0 N–H and O–H groups in total. The maximum atomic E-state index is 10.6. The first kappa shape index (κ1) is 12.9. The Morgan fingerprint density at radius 2 is 0.833 bits per heavy atom. The van der Waals surface area contributed by atoms with Gasteiger partial charge in [0.15, 0.2) is 0 Å². The fourth-order valence-corrected chi connectivity index (χ4v) is 1.07. The zero-order valence-corrected chi connectivity index (χ0v) is 7.84. The molecule has 0 atom stereocenters. The van der Waals surface area contributed by atoms with Crippen LogP contribution in [0.15, 0.2) is 20.7 Å². The van der Waals surface area contributed by atoms with Crippen LogP contribution >= 0.6 is 0 Å². The van der Waals surface area contributed by atoms with Crippen LogP contribution in [0, 0.1) is 40.5 Å². The van der Waals surface area contributed by atoms with E-state index < -0.39 is 31.3 Å². The fourth-order valence-electron chi connectivity index (χ4n) is 1.07. The maximum Gasteiger partial charge on any atom is 0.749 e. The Bertz CT molecular complexity index is 431. The van der Waals surface area contributed by atoms with Crippen LogP contribution in [-0.4, -0.2) is 31.3 Å². The molecule has 0 fully saturated rings. The van der Waals surface area contributed by atoms with Gasteiger partial charge >= 0.3 is 11.6 Å². The molecule has 0 saturated heterocycles. The number of hydrogen-bond acceptors (Lipinski definition) is 12. The van der Waals surface area contributed by atoms with E-state index in [0.717, 1.165) is 0 Å². The molecule has 0 unspecified atom stereocenters. The van der Waals surface area contributed by atoms with Crippen molar-refractivity contribution in [2.75, 3.05) is 0 Å². The maximum absolute atomic E-state index is 10.6. The highest BCUT2D eigenvalue weighted by Crippen LogP contribution is 2.36. The van der Waals surface area contributed by atoms with E-state index in [1.54, 1.807) is 0 Å². The minimum Gasteiger partial charge on any atom is -0.256 e. The van der Waals surface area contributed by atoms with Crippen LogP contribution in [0.2, 0.25) is 0 Å². The van der Waals surface area contributed by atoms with Gasteiger partial charge in [-0.1, -0.05) is 0 Å². The summed E-state index contributed by atoms with van der Waals surface area (Å²) >= 11 is 0. The van der Waals surface area contributed by atoms with Gasteiger partial charge < -0.3 is 0 Å². The summed E-state index contributed by atoms with van der Waals surface area (Å²) in [4.78, 5) is 34.8. The molecule has 0 amide bonds. The van der Waals surface area contributed by atoms with Crippen LogP contribution in [0.3, 0.4) is 0 Å². The van der Waals surface area contributed by atoms with Crippen LogP contribution in [0.5, 0.6) is 0 Å². The number of rotatable bonds is 4. The highest BCUT2D eigenvalue weighted by molar-refractivity contribution is 4.81. The van der Waals surface area contributed by atoms with Crippen molar-refractivity contribution in [3.05, 3.63) is 40.5 Å². The predicted molar refractivity (Wildman–Crippen MR) is 43.2 cm³/mol. The summed E-state index contributed by atoms with van der Waals surface area (Å²) in [7, 11) is 0. The van der Waals surface area contributed by atoms with E-state index in [4.69, 9.17) is 0 Å². The van der Waals surface area contributed by atoms with Crippen LogP contribution in [0.1, 0.15) is 0 Å². The molecule has 0 bridgehead atoms. The molecule has 1 aliphatic heterocycles. The molecular weight excluding hydrogens is 264 g/mol. The van der Waals surface area contributed by atoms with Crippen LogP contribution < -0.4 is 0 Å². The zero-order valence-electron chi connectivity index (χ0n) is 7.84. The average Bonchev–Trinajstić information content (AvgIpc) is 2.27. The van der Waals surface area contributed by atoms with E-state index in [0.29, 0.717) is 0 Å². The van der Waals surface area contributed by atoms with Gasteiger partial charge in [0.25, 0.3) is 0 Å². The molecule has 16 heteroatoms. The van der Waals surface area contributed by atoms with E-state index in [1.807, 2.05) is 0 Å². The van der Waals surface area contributed by atoms with E-state index in [-0.39, 0.29) is 0 Å². The van der Waals surface area contributed by atoms with Gasteiger partial charge in [-0.25, -0.2) is 0 Å². The Hall–Kier alpha value is -3.20. The quantitative estimate of drug-likeness (QED) is 0.355. The van der Waals surface area contributed by atoms with Gasteiger partial charge in [-0.15, -0.1) is 0 Å². The minimum atomic E-state index is -4.22. The highest BCUT2D eigenvalue weighted by atomic mass is 16.7. The summed E-state index contributed by atoms with van der Waals surface area (Å²) in [5.41, 5.74) is 0. The van der Waals surface area contributed by atoms with E-state index in [1.165, 1.54) is 0 Å². The van der Waals surface area contributed by atoms with Crippen molar-refractivity contribution in [3.63, 3.8) is 0 Å². The molecule has 0 aliphatic carbocycles. The molecule has 0 aromatic heterocycles. The van der Waals surface area contributed by atoms with Crippen molar-refractivity contribution in [1.29, 1.82) is 0 Å². The first-order chi connectivity index (χ1) is 8.23. The number of hydrogen-bond donors (Lipinski definition) is 0. The van der Waals surface area contributed by atoms with Gasteiger partial charge in [0.1, 0.15) is 19.7 Å². The second kappa shape index (κ2) is 3.68. The zero-order chi connectivity index (χ0) is 14.1. The molecule has 1 heterocycles. The molecule has 0 spiro atoms. The summed E-state index contributed by atoms with van der Waals surface area (Å²) in [5, 5.41) is 52.1. The lowest BCUT2D eigenvalue weighted by Gasteiger charge is -2.15. The van der Waals surface area contributed by atoms with Gasteiger partial charge in [0, 0.05) is 10.2 Å². The first-order valence-corrected chi connectivity index (χ1v) is 3.65. The monoisotopic (exact) mass is 264 g/mol. The van der Waals surface area contributed by atoms with Gasteiger partial charge in [-0.2, -0.15) is 0 Å². The lowest BCUT2D eigenvalue weighted by molar-refractivity contribution is -0.937. The largest absolute Gasteiger partial charge is 0.749 e. The SMILES string of the molecule is O=[N+]([O-])C1([N+](=O)[O-])N=NN=NC1([N+](=O)[O-])[N+](=O)[O-]. The molecule has 0 radical (unpaired) electrons. The molecule has 1 rings (SSSR count). The van der Waals surface area contributed by atoms with Gasteiger partial charge in [-0.05, 0) is 10.4 Å².